The first-order valence-corrected chi connectivity index (χ1v) is 12.0. The molecule has 3 nitrogen and oxygen atoms in total. The minimum absolute atomic E-state index is 0.267. The molecule has 0 saturated heterocycles. The van der Waals surface area contributed by atoms with E-state index in [1.165, 1.54) is 25.7 Å². The first-order valence-electron chi connectivity index (χ1n) is 12.0. The van der Waals surface area contributed by atoms with E-state index in [-0.39, 0.29) is 5.97 Å². The fourth-order valence-corrected chi connectivity index (χ4v) is 3.59. The van der Waals surface area contributed by atoms with Crippen LogP contribution in [0.3, 0.4) is 0 Å². The van der Waals surface area contributed by atoms with Crippen LogP contribution in [0.1, 0.15) is 77.2 Å². The smallest absolute Gasteiger partial charge is 0.342 e. The Morgan fingerprint density at radius 3 is 2.48 bits per heavy atom. The average molecular weight is 425 g/mol. The van der Waals surface area contributed by atoms with Crippen LogP contribution in [-0.4, -0.2) is 24.8 Å². The zero-order valence-electron chi connectivity index (χ0n) is 19.5. The largest absolute Gasteiger partial charge is 0.463 e. The van der Waals surface area contributed by atoms with Crippen molar-refractivity contribution in [1.82, 2.24) is 0 Å². The molecule has 31 heavy (non-hydrogen) atoms. The van der Waals surface area contributed by atoms with E-state index in [1.54, 1.807) is 0 Å². The SMILES string of the molecule is C=CCCCCCCCCOC1(C(=O)OCC(C)CC)C=CC(c2ccccc2)=CC1. The number of unbranched alkanes of at least 4 members (excludes halogenated alkanes) is 6. The second-order valence-electron chi connectivity index (χ2n) is 8.61. The van der Waals surface area contributed by atoms with Gasteiger partial charge >= 0.3 is 5.97 Å². The van der Waals surface area contributed by atoms with Crippen molar-refractivity contribution in [3.63, 3.8) is 0 Å². The number of carbonyl (C=O) groups excluding carboxylic acids is 1. The maximum atomic E-state index is 13.0. The van der Waals surface area contributed by atoms with Crippen LogP contribution in [0.2, 0.25) is 0 Å². The lowest BCUT2D eigenvalue weighted by Crippen LogP contribution is -2.42. The highest BCUT2D eigenvalue weighted by molar-refractivity contribution is 5.86. The zero-order valence-corrected chi connectivity index (χ0v) is 19.5. The van der Waals surface area contributed by atoms with Crippen LogP contribution in [0, 0.1) is 5.92 Å². The monoisotopic (exact) mass is 424 g/mol. The molecule has 1 aromatic carbocycles. The number of ether oxygens (including phenoxy) is 2. The number of carbonyl (C=O) groups is 1. The topological polar surface area (TPSA) is 35.5 Å². The Bertz CT molecular complexity index is 719. The van der Waals surface area contributed by atoms with Gasteiger partial charge in [0.1, 0.15) is 0 Å². The van der Waals surface area contributed by atoms with Crippen LogP contribution >= 0.6 is 0 Å². The molecule has 1 aliphatic rings. The number of hydrogen-bond acceptors (Lipinski definition) is 3. The highest BCUT2D eigenvalue weighted by Crippen LogP contribution is 2.31. The highest BCUT2D eigenvalue weighted by Gasteiger charge is 2.39. The summed E-state index contributed by atoms with van der Waals surface area (Å²) in [5.41, 5.74) is 1.27. The maximum absolute atomic E-state index is 13.0. The lowest BCUT2D eigenvalue weighted by molar-refractivity contribution is -0.167. The van der Waals surface area contributed by atoms with E-state index in [2.05, 4.69) is 38.6 Å². The van der Waals surface area contributed by atoms with Crippen LogP contribution in [-0.2, 0) is 14.3 Å². The summed E-state index contributed by atoms with van der Waals surface area (Å²) in [4.78, 5) is 13.0. The van der Waals surface area contributed by atoms with E-state index in [1.807, 2.05) is 36.4 Å². The lowest BCUT2D eigenvalue weighted by Gasteiger charge is -2.31. The summed E-state index contributed by atoms with van der Waals surface area (Å²) >= 11 is 0. The Morgan fingerprint density at radius 2 is 1.84 bits per heavy atom. The molecule has 0 aliphatic heterocycles. The quantitative estimate of drug-likeness (QED) is 0.168. The molecule has 2 unspecified atom stereocenters. The molecule has 0 spiro atoms. The second kappa shape index (κ2) is 14.0. The fraction of sp³-hybridized carbons (Fsp3) is 0.536. The minimum atomic E-state index is -1.00. The molecule has 0 N–H and O–H groups in total. The first-order chi connectivity index (χ1) is 15.1. The minimum Gasteiger partial charge on any atom is -0.463 e. The van der Waals surface area contributed by atoms with E-state index >= 15 is 0 Å². The Balaban J connectivity index is 1.90. The average Bonchev–Trinajstić information content (AvgIpc) is 2.82. The van der Waals surface area contributed by atoms with Crippen molar-refractivity contribution >= 4 is 11.5 Å². The molecular weight excluding hydrogens is 384 g/mol. The predicted molar refractivity (Wildman–Crippen MR) is 130 cm³/mol. The van der Waals surface area contributed by atoms with Gasteiger partial charge in [-0.3, -0.25) is 0 Å². The number of hydrogen-bond donors (Lipinski definition) is 0. The third kappa shape index (κ3) is 8.49. The summed E-state index contributed by atoms with van der Waals surface area (Å²) in [7, 11) is 0. The van der Waals surface area contributed by atoms with E-state index in [0.29, 0.717) is 25.6 Å². The summed E-state index contributed by atoms with van der Waals surface area (Å²) in [6.45, 7) is 8.99. The van der Waals surface area contributed by atoms with Crippen LogP contribution in [0.25, 0.3) is 5.57 Å². The first kappa shape index (κ1) is 25.1. The van der Waals surface area contributed by atoms with E-state index in [9.17, 15) is 4.79 Å². The van der Waals surface area contributed by atoms with Crippen molar-refractivity contribution in [2.45, 2.75) is 77.2 Å². The molecule has 0 fully saturated rings. The summed E-state index contributed by atoms with van der Waals surface area (Å²) in [5.74, 6) is 0.0851. The summed E-state index contributed by atoms with van der Waals surface area (Å²) in [6, 6.07) is 10.2. The lowest BCUT2D eigenvalue weighted by atomic mass is 9.89. The van der Waals surface area contributed by atoms with Gasteiger partial charge in [-0.05, 0) is 42.4 Å². The fourth-order valence-electron chi connectivity index (χ4n) is 3.59. The normalized spacial score (nSPS) is 19.0. The highest BCUT2D eigenvalue weighted by atomic mass is 16.6. The van der Waals surface area contributed by atoms with Crippen molar-refractivity contribution in [3.8, 4) is 0 Å². The molecule has 0 amide bonds. The number of esters is 1. The molecule has 170 valence electrons. The summed E-state index contributed by atoms with van der Waals surface area (Å²) < 4.78 is 11.9. The van der Waals surface area contributed by atoms with Crippen LogP contribution in [0.4, 0.5) is 0 Å². The van der Waals surface area contributed by atoms with Crippen LogP contribution in [0.15, 0.2) is 61.2 Å². The Kier molecular flexibility index (Phi) is 11.4. The van der Waals surface area contributed by atoms with Gasteiger partial charge in [-0.25, -0.2) is 4.79 Å². The van der Waals surface area contributed by atoms with E-state index in [4.69, 9.17) is 9.47 Å². The van der Waals surface area contributed by atoms with Crippen molar-refractivity contribution < 1.29 is 14.3 Å². The van der Waals surface area contributed by atoms with E-state index in [0.717, 1.165) is 36.8 Å². The molecule has 2 atom stereocenters. The second-order valence-corrected chi connectivity index (χ2v) is 8.61. The molecule has 0 aromatic heterocycles. The third-order valence-electron chi connectivity index (χ3n) is 5.97. The molecule has 0 bridgehead atoms. The van der Waals surface area contributed by atoms with Gasteiger partial charge in [0.2, 0.25) is 0 Å². The molecule has 0 heterocycles. The van der Waals surface area contributed by atoms with Gasteiger partial charge in [-0.2, -0.15) is 0 Å². The number of allylic oxidation sites excluding steroid dienone is 3. The molecule has 0 saturated carbocycles. The van der Waals surface area contributed by atoms with Gasteiger partial charge in [0.15, 0.2) is 5.60 Å². The Hall–Kier alpha value is -2.13. The van der Waals surface area contributed by atoms with Crippen molar-refractivity contribution in [2.24, 2.45) is 5.92 Å². The third-order valence-corrected chi connectivity index (χ3v) is 5.97. The van der Waals surface area contributed by atoms with Crippen molar-refractivity contribution in [3.05, 3.63) is 66.8 Å². The Labute approximate surface area is 189 Å². The van der Waals surface area contributed by atoms with Crippen molar-refractivity contribution in [1.29, 1.82) is 0 Å². The van der Waals surface area contributed by atoms with Gasteiger partial charge in [0.05, 0.1) is 6.61 Å². The number of rotatable bonds is 15. The van der Waals surface area contributed by atoms with Gasteiger partial charge in [-0.1, -0.05) is 94.5 Å². The summed E-state index contributed by atoms with van der Waals surface area (Å²) in [5, 5.41) is 0. The van der Waals surface area contributed by atoms with Gasteiger partial charge < -0.3 is 9.47 Å². The molecule has 0 radical (unpaired) electrons. The molecule has 1 aliphatic carbocycles. The molecular formula is C28H40O3. The standard InChI is InChI=1S/C28H40O3/c1-4-6-7-8-9-10-11-15-22-31-28(27(29)30-23-24(3)5-2)20-18-26(19-21-28)25-16-13-12-14-17-25/h4,12-14,16-20,24H,1,5-11,15,21-23H2,2-3H3. The maximum Gasteiger partial charge on any atom is 0.342 e. The van der Waals surface area contributed by atoms with E-state index < -0.39 is 5.60 Å². The molecule has 1 aromatic rings. The van der Waals surface area contributed by atoms with Crippen LogP contribution in [0.5, 0.6) is 0 Å². The number of benzene rings is 1. The Morgan fingerprint density at radius 1 is 1.13 bits per heavy atom. The van der Waals surface area contributed by atoms with Crippen LogP contribution < -0.4 is 0 Å². The van der Waals surface area contributed by atoms with Gasteiger partial charge in [-0.15, -0.1) is 6.58 Å². The summed E-state index contributed by atoms with van der Waals surface area (Å²) in [6.07, 6.45) is 17.6. The molecule has 3 heteroatoms. The van der Waals surface area contributed by atoms with Gasteiger partial charge in [0.25, 0.3) is 0 Å². The van der Waals surface area contributed by atoms with Crippen molar-refractivity contribution in [2.75, 3.05) is 13.2 Å². The molecule has 2 rings (SSSR count). The predicted octanol–water partition coefficient (Wildman–Crippen LogP) is 7.29. The zero-order chi connectivity index (χ0) is 22.4. The van der Waals surface area contributed by atoms with Gasteiger partial charge in [0, 0.05) is 13.0 Å².